The number of fused-ring (bicyclic) bond motifs is 1. The van der Waals surface area contributed by atoms with Crippen molar-refractivity contribution in [3.05, 3.63) is 70.6 Å². The van der Waals surface area contributed by atoms with Gasteiger partial charge in [0, 0.05) is 0 Å². The van der Waals surface area contributed by atoms with E-state index in [4.69, 9.17) is 6.57 Å². The fourth-order valence-corrected chi connectivity index (χ4v) is 3.98. The summed E-state index contributed by atoms with van der Waals surface area (Å²) in [5, 5.41) is 0. The summed E-state index contributed by atoms with van der Waals surface area (Å²) in [6, 6.07) is 9.66. The Morgan fingerprint density at radius 1 is 1.09 bits per heavy atom. The highest BCUT2D eigenvalue weighted by Gasteiger charge is 2.21. The van der Waals surface area contributed by atoms with Gasteiger partial charge >= 0.3 is 0 Å². The summed E-state index contributed by atoms with van der Waals surface area (Å²) in [7, 11) is -3.67. The third-order valence-corrected chi connectivity index (χ3v) is 5.43. The molecule has 3 rings (SSSR count). The summed E-state index contributed by atoms with van der Waals surface area (Å²) in [6.07, 6.45) is 2.84. The lowest BCUT2D eigenvalue weighted by atomic mass is 9.99. The molecule has 4 nitrogen and oxygen atoms in total. The number of nitrogens with one attached hydrogen (secondary N) is 1. The summed E-state index contributed by atoms with van der Waals surface area (Å²) in [5.74, 6) is 0. The number of aryl methyl sites for hydroxylation is 1. The highest BCUT2D eigenvalue weighted by Crippen LogP contribution is 2.35. The van der Waals surface area contributed by atoms with Crippen molar-refractivity contribution in [2.45, 2.75) is 25.2 Å². The molecule has 0 saturated heterocycles. The smallest absolute Gasteiger partial charge is 0.261 e. The lowest BCUT2D eigenvalue weighted by Gasteiger charge is -2.14. The van der Waals surface area contributed by atoms with Crippen LogP contribution in [-0.2, 0) is 16.4 Å². The molecule has 0 amide bonds. The van der Waals surface area contributed by atoms with Crippen molar-refractivity contribution >= 4 is 27.0 Å². The van der Waals surface area contributed by atoms with Crippen LogP contribution >= 0.6 is 0 Å². The standard InChI is InChI=1S/C18H16N2O2S/c1-12-4-10-16-17(11-5-13(2)18(12)16)20-23(21,22)15-8-6-14(19-3)7-9-15/h4-9,11,20H,10H2,1-2H3. The second kappa shape index (κ2) is 5.56. The first-order valence-corrected chi connectivity index (χ1v) is 8.70. The van der Waals surface area contributed by atoms with E-state index in [0.29, 0.717) is 11.4 Å². The third kappa shape index (κ3) is 2.73. The average Bonchev–Trinajstić information content (AvgIpc) is 2.93. The highest BCUT2D eigenvalue weighted by molar-refractivity contribution is 7.92. The van der Waals surface area contributed by atoms with Gasteiger partial charge in [-0.15, -0.1) is 0 Å². The molecule has 0 saturated carbocycles. The van der Waals surface area contributed by atoms with E-state index in [1.807, 2.05) is 26.0 Å². The number of rotatable bonds is 3. The molecule has 0 fully saturated rings. The van der Waals surface area contributed by atoms with Crippen LogP contribution < -0.4 is 4.72 Å². The second-order valence-electron chi connectivity index (χ2n) is 5.59. The number of hydrogen-bond donors (Lipinski definition) is 1. The molecule has 0 bridgehead atoms. The molecule has 0 unspecified atom stereocenters. The van der Waals surface area contributed by atoms with Gasteiger partial charge in [0.05, 0.1) is 17.2 Å². The van der Waals surface area contributed by atoms with Gasteiger partial charge in [-0.05, 0) is 48.6 Å². The molecular weight excluding hydrogens is 308 g/mol. The molecule has 0 atom stereocenters. The largest absolute Gasteiger partial charge is 0.279 e. The third-order valence-electron chi connectivity index (χ3n) is 4.05. The average molecular weight is 324 g/mol. The number of anilines is 1. The van der Waals surface area contributed by atoms with Gasteiger partial charge in [-0.3, -0.25) is 4.72 Å². The Bertz CT molecular complexity index is 950. The highest BCUT2D eigenvalue weighted by atomic mass is 32.2. The molecule has 5 heteroatoms. The van der Waals surface area contributed by atoms with Crippen molar-refractivity contribution < 1.29 is 8.42 Å². The van der Waals surface area contributed by atoms with Gasteiger partial charge in [0.2, 0.25) is 0 Å². The van der Waals surface area contributed by atoms with Crippen LogP contribution in [0.25, 0.3) is 10.4 Å². The zero-order valence-corrected chi connectivity index (χ0v) is 13.7. The maximum absolute atomic E-state index is 12.6. The Balaban J connectivity index is 1.98. The first-order valence-electron chi connectivity index (χ1n) is 7.22. The van der Waals surface area contributed by atoms with Crippen molar-refractivity contribution in [3.63, 3.8) is 0 Å². The number of benzene rings is 2. The van der Waals surface area contributed by atoms with E-state index in [9.17, 15) is 8.42 Å². The quantitative estimate of drug-likeness (QED) is 0.856. The van der Waals surface area contributed by atoms with Crippen LogP contribution in [0.2, 0.25) is 0 Å². The Morgan fingerprint density at radius 2 is 1.78 bits per heavy atom. The van der Waals surface area contributed by atoms with E-state index >= 15 is 0 Å². The van der Waals surface area contributed by atoms with Crippen molar-refractivity contribution in [2.75, 3.05) is 4.72 Å². The van der Waals surface area contributed by atoms with Crippen LogP contribution in [0.4, 0.5) is 11.4 Å². The fraction of sp³-hybridized carbons (Fsp3) is 0.167. The van der Waals surface area contributed by atoms with E-state index in [0.717, 1.165) is 23.1 Å². The Kier molecular flexibility index (Phi) is 3.70. The number of nitrogens with zero attached hydrogens (tertiary/aromatic N) is 1. The van der Waals surface area contributed by atoms with Crippen molar-refractivity contribution in [1.82, 2.24) is 0 Å². The number of hydrogen-bond acceptors (Lipinski definition) is 2. The molecule has 1 aliphatic rings. The maximum atomic E-state index is 12.6. The molecule has 23 heavy (non-hydrogen) atoms. The lowest BCUT2D eigenvalue weighted by molar-refractivity contribution is 0.601. The van der Waals surface area contributed by atoms with Gasteiger partial charge in [-0.2, -0.15) is 0 Å². The Labute approximate surface area is 136 Å². The maximum Gasteiger partial charge on any atom is 0.261 e. The molecule has 1 N–H and O–H groups in total. The van der Waals surface area contributed by atoms with Crippen LogP contribution in [0, 0.1) is 13.5 Å². The molecule has 116 valence electrons. The summed E-state index contributed by atoms with van der Waals surface area (Å²) in [4.78, 5) is 3.43. The SMILES string of the molecule is [C-]#[N+]c1ccc(S(=O)(=O)Nc2ccc(C)c3c2CC=C3C)cc1. The predicted molar refractivity (Wildman–Crippen MR) is 92.0 cm³/mol. The molecule has 2 aromatic carbocycles. The molecule has 0 radical (unpaired) electrons. The van der Waals surface area contributed by atoms with Crippen LogP contribution in [0.3, 0.4) is 0 Å². The zero-order chi connectivity index (χ0) is 16.6. The van der Waals surface area contributed by atoms with E-state index in [2.05, 4.69) is 15.6 Å². The molecule has 0 heterocycles. The topological polar surface area (TPSA) is 50.5 Å². The minimum absolute atomic E-state index is 0.155. The van der Waals surface area contributed by atoms with E-state index in [-0.39, 0.29) is 4.90 Å². The van der Waals surface area contributed by atoms with Crippen molar-refractivity contribution in [2.24, 2.45) is 0 Å². The number of sulfonamides is 1. The van der Waals surface area contributed by atoms with Crippen LogP contribution in [0.1, 0.15) is 23.6 Å². The van der Waals surface area contributed by atoms with Crippen LogP contribution in [0.5, 0.6) is 0 Å². The van der Waals surface area contributed by atoms with Crippen LogP contribution in [-0.4, -0.2) is 8.42 Å². The molecule has 2 aromatic rings. The molecule has 0 aromatic heterocycles. The summed E-state index contributed by atoms with van der Waals surface area (Å²) in [5.41, 5.74) is 5.51. The predicted octanol–water partition coefficient (Wildman–Crippen LogP) is 4.31. The van der Waals surface area contributed by atoms with E-state index in [1.54, 1.807) is 0 Å². The minimum atomic E-state index is -3.67. The molecule has 0 aliphatic heterocycles. The van der Waals surface area contributed by atoms with Gasteiger partial charge in [0.1, 0.15) is 0 Å². The molecular formula is C18H16N2O2S. The lowest BCUT2D eigenvalue weighted by Crippen LogP contribution is -2.14. The van der Waals surface area contributed by atoms with Gasteiger partial charge < -0.3 is 0 Å². The first-order chi connectivity index (χ1) is 10.9. The van der Waals surface area contributed by atoms with Crippen molar-refractivity contribution in [3.8, 4) is 0 Å². The van der Waals surface area contributed by atoms with Gasteiger partial charge in [-0.1, -0.05) is 36.4 Å². The molecule has 1 aliphatic carbocycles. The van der Waals surface area contributed by atoms with Crippen molar-refractivity contribution in [1.29, 1.82) is 0 Å². The second-order valence-corrected chi connectivity index (χ2v) is 7.27. The Morgan fingerprint density at radius 3 is 2.43 bits per heavy atom. The van der Waals surface area contributed by atoms with Gasteiger partial charge in [0.15, 0.2) is 5.69 Å². The molecule has 0 spiro atoms. The monoisotopic (exact) mass is 324 g/mol. The van der Waals surface area contributed by atoms with Crippen LogP contribution in [0.15, 0.2) is 47.4 Å². The van der Waals surface area contributed by atoms with E-state index < -0.39 is 10.0 Å². The van der Waals surface area contributed by atoms with E-state index in [1.165, 1.54) is 29.8 Å². The van der Waals surface area contributed by atoms with Gasteiger partial charge in [-0.25, -0.2) is 13.3 Å². The minimum Gasteiger partial charge on any atom is -0.279 e. The summed E-state index contributed by atoms with van der Waals surface area (Å²) < 4.78 is 27.8. The first kappa shape index (κ1) is 15.3. The number of allylic oxidation sites excluding steroid dienone is 2. The fourth-order valence-electron chi connectivity index (χ4n) is 2.88. The normalized spacial score (nSPS) is 13.2. The van der Waals surface area contributed by atoms with Gasteiger partial charge in [0.25, 0.3) is 10.0 Å². The summed E-state index contributed by atoms with van der Waals surface area (Å²) >= 11 is 0. The summed E-state index contributed by atoms with van der Waals surface area (Å²) in [6.45, 7) is 11.0. The Hall–Kier alpha value is -2.58. The zero-order valence-electron chi connectivity index (χ0n) is 12.9.